The lowest BCUT2D eigenvalue weighted by Crippen LogP contribution is -2.51. The van der Waals surface area contributed by atoms with Crippen molar-refractivity contribution >= 4 is 57.4 Å². The van der Waals surface area contributed by atoms with E-state index in [9.17, 15) is 24.3 Å². The van der Waals surface area contributed by atoms with Crippen molar-refractivity contribution in [2.24, 2.45) is 17.3 Å². The topological polar surface area (TPSA) is 183 Å². The summed E-state index contributed by atoms with van der Waals surface area (Å²) in [5.41, 5.74) is 5.36. The number of fused-ring (bicyclic) bond motifs is 2. The van der Waals surface area contributed by atoms with Gasteiger partial charge >= 0.3 is 12.2 Å². The molecule has 9 rings (SSSR count). The summed E-state index contributed by atoms with van der Waals surface area (Å²) in [5, 5.41) is 12.5. The summed E-state index contributed by atoms with van der Waals surface area (Å²) in [4.78, 5) is 77.7. The number of nitrogens with zero attached hydrogens (tertiary/aromatic N) is 7. The normalized spacial score (nSPS) is 22.3. The summed E-state index contributed by atoms with van der Waals surface area (Å²) >= 11 is 0. The largest absolute Gasteiger partial charge is 0.465 e. The minimum atomic E-state index is -1.16. The molecule has 0 radical (unpaired) electrons. The number of ether oxygens (including phenoxy) is 1. The number of carboxylic acid groups (broad SMARTS) is 1. The van der Waals surface area contributed by atoms with Gasteiger partial charge in [0.1, 0.15) is 29.4 Å². The highest BCUT2D eigenvalue weighted by molar-refractivity contribution is 5.87. The highest BCUT2D eigenvalue weighted by atomic mass is 19.1. The third-order valence-electron chi connectivity index (χ3n) is 15.6. The molecule has 0 bridgehead atoms. The molecule has 18 heteroatoms. The zero-order valence-corrected chi connectivity index (χ0v) is 42.1. The molecule has 6 atom stereocenters. The minimum Gasteiger partial charge on any atom is -0.465 e. The number of carbonyl (C=O) groups excluding carboxylic acids is 3. The van der Waals surface area contributed by atoms with Gasteiger partial charge in [-0.1, -0.05) is 53.7 Å². The summed E-state index contributed by atoms with van der Waals surface area (Å²) in [6, 6.07) is 12.1. The van der Waals surface area contributed by atoms with Gasteiger partial charge in [0.05, 0.1) is 53.3 Å². The van der Waals surface area contributed by atoms with Gasteiger partial charge < -0.3 is 44.7 Å². The maximum atomic E-state index is 16.6. The predicted molar refractivity (Wildman–Crippen MR) is 267 cm³/mol. The molecule has 380 valence electrons. The molecular weight excluding hydrogens is 911 g/mol. The van der Waals surface area contributed by atoms with Crippen molar-refractivity contribution < 1.29 is 37.8 Å². The Morgan fingerprint density at radius 2 is 1.25 bits per heavy atom. The number of alkyl carbamates (subject to hydrolysis) is 1. The molecular formula is C53H68F2N10O6. The number of rotatable bonds is 12. The number of amides is 4. The number of hydrogen-bond acceptors (Lipinski definition) is 9. The van der Waals surface area contributed by atoms with E-state index in [-0.39, 0.29) is 58.9 Å². The molecule has 4 aliphatic rings. The third kappa shape index (κ3) is 9.57. The Morgan fingerprint density at radius 3 is 1.72 bits per heavy atom. The van der Waals surface area contributed by atoms with E-state index in [1.165, 1.54) is 26.3 Å². The smallest absolute Gasteiger partial charge is 0.407 e. The van der Waals surface area contributed by atoms with Crippen LogP contribution >= 0.6 is 0 Å². The number of imidazole rings is 2. The van der Waals surface area contributed by atoms with E-state index in [0.29, 0.717) is 74.7 Å². The van der Waals surface area contributed by atoms with Crippen LogP contribution in [0.25, 0.3) is 22.1 Å². The van der Waals surface area contributed by atoms with Crippen LogP contribution in [0, 0.1) is 28.9 Å². The number of aromatic amines is 2. The first-order valence-corrected chi connectivity index (χ1v) is 25.3. The zero-order valence-electron chi connectivity index (χ0n) is 42.1. The number of methoxy groups -OCH3 is 1. The highest BCUT2D eigenvalue weighted by Crippen LogP contribution is 2.49. The van der Waals surface area contributed by atoms with Crippen LogP contribution in [0.5, 0.6) is 0 Å². The molecule has 4 aliphatic heterocycles. The van der Waals surface area contributed by atoms with Crippen LogP contribution in [-0.2, 0) is 14.3 Å². The Labute approximate surface area is 413 Å². The lowest BCUT2D eigenvalue weighted by atomic mass is 9.82. The van der Waals surface area contributed by atoms with Gasteiger partial charge in [-0.25, -0.2) is 28.3 Å². The molecule has 0 aliphatic carbocycles. The van der Waals surface area contributed by atoms with Gasteiger partial charge in [0.25, 0.3) is 0 Å². The molecule has 16 nitrogen and oxygen atoms in total. The van der Waals surface area contributed by atoms with Gasteiger partial charge in [-0.15, -0.1) is 0 Å². The van der Waals surface area contributed by atoms with Crippen LogP contribution in [-0.4, -0.2) is 116 Å². The monoisotopic (exact) mass is 979 g/mol. The van der Waals surface area contributed by atoms with Crippen LogP contribution < -0.4 is 15.1 Å². The number of carbonyl (C=O) groups is 4. The van der Waals surface area contributed by atoms with Gasteiger partial charge in [0.15, 0.2) is 11.6 Å². The predicted octanol–water partition coefficient (Wildman–Crippen LogP) is 9.77. The van der Waals surface area contributed by atoms with E-state index in [1.807, 2.05) is 62.9 Å². The number of halogens is 2. The first-order chi connectivity index (χ1) is 33.8. The minimum absolute atomic E-state index is 0.00311. The molecule has 5 aromatic rings. The maximum Gasteiger partial charge on any atom is 0.407 e. The van der Waals surface area contributed by atoms with Crippen molar-refractivity contribution in [3.05, 3.63) is 82.9 Å². The van der Waals surface area contributed by atoms with Crippen LogP contribution in [0.2, 0.25) is 0 Å². The van der Waals surface area contributed by atoms with Gasteiger partial charge in [0.2, 0.25) is 11.8 Å². The number of piperidine rings is 1. The van der Waals surface area contributed by atoms with E-state index in [2.05, 4.69) is 40.1 Å². The van der Waals surface area contributed by atoms with Gasteiger partial charge in [0, 0.05) is 38.9 Å². The van der Waals surface area contributed by atoms with Crippen molar-refractivity contribution in [2.75, 3.05) is 50.1 Å². The zero-order chi connectivity index (χ0) is 50.6. The summed E-state index contributed by atoms with van der Waals surface area (Å²) in [5.74, 6) is -0.792. The fraction of sp³-hybridized carbons (Fsp3) is 0.547. The second-order valence-electron chi connectivity index (χ2n) is 21.5. The lowest BCUT2D eigenvalue weighted by molar-refractivity contribution is -0.138. The molecule has 4 N–H and O–H groups in total. The molecule has 0 spiro atoms. The fourth-order valence-electron chi connectivity index (χ4n) is 11.7. The van der Waals surface area contributed by atoms with Crippen LogP contribution in [0.1, 0.15) is 140 Å². The SMILES string of the molecule is COC(=O)N[C@H](C(=O)N1CCC[C@H]1c1nc2ccc([C@H]3CC[C@H](c4ccc5nc([C@@H]6CCCN6C(=O)[C@H](C(C)C)N(C)C(=O)O)[nH]c5c4)N3c3cc(F)c(N4CCC(C)(C)CC4)c(F)c3)cc2[nH]1)C(C)C. The number of H-pyrrole nitrogens is 2. The number of nitrogens with one attached hydrogen (secondary N) is 3. The average molecular weight is 979 g/mol. The number of likely N-dealkylation sites (tertiary alicyclic amines) is 2. The van der Waals surface area contributed by atoms with Gasteiger partial charge in [-0.2, -0.15) is 0 Å². The molecule has 71 heavy (non-hydrogen) atoms. The second kappa shape index (κ2) is 19.6. The Bertz CT molecular complexity index is 2790. The summed E-state index contributed by atoms with van der Waals surface area (Å²) in [6.07, 6.45) is 4.07. The Morgan fingerprint density at radius 1 is 0.746 bits per heavy atom. The van der Waals surface area contributed by atoms with Gasteiger partial charge in [-0.3, -0.25) is 14.5 Å². The summed E-state index contributed by atoms with van der Waals surface area (Å²) in [6.45, 7) is 14.0. The van der Waals surface area contributed by atoms with Crippen molar-refractivity contribution in [3.8, 4) is 0 Å². The van der Waals surface area contributed by atoms with Crippen LogP contribution in [0.15, 0.2) is 48.5 Å². The number of anilines is 2. The van der Waals surface area contributed by atoms with Gasteiger partial charge in [-0.05, 0) is 116 Å². The summed E-state index contributed by atoms with van der Waals surface area (Å²) < 4.78 is 38.0. The Balaban J connectivity index is 1.04. The van der Waals surface area contributed by atoms with E-state index in [0.717, 1.165) is 58.3 Å². The van der Waals surface area contributed by atoms with Crippen molar-refractivity contribution in [2.45, 2.75) is 129 Å². The first-order valence-electron chi connectivity index (χ1n) is 25.3. The summed E-state index contributed by atoms with van der Waals surface area (Å²) in [7, 11) is 2.70. The third-order valence-corrected chi connectivity index (χ3v) is 15.6. The fourth-order valence-corrected chi connectivity index (χ4v) is 11.7. The molecule has 3 aromatic carbocycles. The molecule has 4 saturated heterocycles. The number of aromatic nitrogens is 4. The Hall–Kier alpha value is -6.46. The molecule has 4 amide bonds. The molecule has 0 saturated carbocycles. The molecule has 0 unspecified atom stereocenters. The Kier molecular flexibility index (Phi) is 13.7. The van der Waals surface area contributed by atoms with Crippen LogP contribution in [0.3, 0.4) is 0 Å². The maximum absolute atomic E-state index is 16.6. The molecule has 2 aromatic heterocycles. The first kappa shape index (κ1) is 49.5. The van der Waals surface area contributed by atoms with Crippen molar-refractivity contribution in [3.63, 3.8) is 0 Å². The number of likely N-dealkylation sites (N-methyl/N-ethyl adjacent to an activating group) is 1. The number of benzene rings is 3. The van der Waals surface area contributed by atoms with E-state index in [1.54, 1.807) is 9.80 Å². The van der Waals surface area contributed by atoms with Crippen molar-refractivity contribution in [1.82, 2.24) is 40.0 Å². The van der Waals surface area contributed by atoms with E-state index >= 15 is 8.78 Å². The van der Waals surface area contributed by atoms with E-state index in [4.69, 9.17) is 14.7 Å². The quantitative estimate of drug-likeness (QED) is 0.0939. The average Bonchev–Trinajstić information content (AvgIpc) is 4.19. The molecule has 6 heterocycles. The highest BCUT2D eigenvalue weighted by Gasteiger charge is 2.42. The van der Waals surface area contributed by atoms with Crippen molar-refractivity contribution in [1.29, 1.82) is 0 Å². The second-order valence-corrected chi connectivity index (χ2v) is 21.5. The van der Waals surface area contributed by atoms with E-state index < -0.39 is 35.9 Å². The molecule has 4 fully saturated rings. The standard InChI is InChI=1S/C53H68F2N10O6/c1-29(2)44(60-51(68)71-8)49(66)63-21-9-11-42(63)47-56-36-15-13-31(25-38(36)58-47)40-17-18-41(65(40)33-27-34(54)46(35(55)28-33)62-23-19-53(5,6)20-24-62)32-14-16-37-39(26-32)59-48(57-37)43-12-10-22-64(43)50(67)45(30(3)4)61(7)52(69)70/h13-16,25-30,40-45H,9-12,17-24H2,1-8H3,(H,56,58)(H,57,59)(H,60,68)(H,69,70)/t40-,41-,42+,43+,44+,45+/m1/s1. The number of hydrogen-bond donors (Lipinski definition) is 4. The lowest BCUT2D eigenvalue weighted by Gasteiger charge is -2.39. The van der Waals surface area contributed by atoms with Crippen LogP contribution in [0.4, 0.5) is 29.7 Å².